The molecule has 0 spiro atoms. The van der Waals surface area contributed by atoms with Crippen molar-refractivity contribution < 1.29 is 17.9 Å². The van der Waals surface area contributed by atoms with Crippen LogP contribution >= 0.6 is 0 Å². The summed E-state index contributed by atoms with van der Waals surface area (Å²) >= 11 is 0. The van der Waals surface area contributed by atoms with Crippen LogP contribution in [0.2, 0.25) is 0 Å². The first kappa shape index (κ1) is 13.1. The molecule has 0 N–H and O–H groups in total. The van der Waals surface area contributed by atoms with Crippen LogP contribution in [0.4, 0.5) is 13.2 Å². The van der Waals surface area contributed by atoms with E-state index in [1.807, 2.05) is 7.05 Å². The summed E-state index contributed by atoms with van der Waals surface area (Å²) < 4.78 is 42.8. The molecule has 2 heterocycles. The summed E-state index contributed by atoms with van der Waals surface area (Å²) in [5.74, 6) is 0.171. The highest BCUT2D eigenvalue weighted by atomic mass is 19.4. The minimum atomic E-state index is -4.38. The molecule has 3 nitrogen and oxygen atoms in total. The number of likely N-dealkylation sites (N-methyl/N-ethyl adjacent to an activating group) is 1. The van der Waals surface area contributed by atoms with Crippen molar-refractivity contribution >= 4 is 0 Å². The lowest BCUT2D eigenvalue weighted by Crippen LogP contribution is -2.30. The first-order valence-corrected chi connectivity index (χ1v) is 5.82. The lowest BCUT2D eigenvalue weighted by atomic mass is 10.2. The number of hydrogen-bond acceptors (Lipinski definition) is 3. The Morgan fingerprint density at radius 1 is 1.44 bits per heavy atom. The Kier molecular flexibility index (Phi) is 3.75. The smallest absolute Gasteiger partial charge is 0.418 e. The van der Waals surface area contributed by atoms with E-state index in [0.717, 1.165) is 31.6 Å². The molecule has 100 valence electrons. The van der Waals surface area contributed by atoms with Crippen LogP contribution in [0.15, 0.2) is 18.5 Å². The molecule has 0 radical (unpaired) electrons. The van der Waals surface area contributed by atoms with Gasteiger partial charge >= 0.3 is 6.18 Å². The maximum atomic E-state index is 12.5. The molecule has 0 aliphatic carbocycles. The van der Waals surface area contributed by atoms with Gasteiger partial charge in [0.1, 0.15) is 12.4 Å². The van der Waals surface area contributed by atoms with E-state index in [4.69, 9.17) is 4.74 Å². The van der Waals surface area contributed by atoms with Crippen molar-refractivity contribution in [1.29, 1.82) is 0 Å². The highest BCUT2D eigenvalue weighted by Gasteiger charge is 2.31. The highest BCUT2D eigenvalue weighted by molar-refractivity contribution is 5.25. The van der Waals surface area contributed by atoms with Gasteiger partial charge in [0.15, 0.2) is 0 Å². The summed E-state index contributed by atoms with van der Waals surface area (Å²) in [6, 6.07) is 1.27. The number of halogens is 3. The summed E-state index contributed by atoms with van der Waals surface area (Å²) in [5.41, 5.74) is -0.778. The van der Waals surface area contributed by atoms with Crippen LogP contribution in [0.25, 0.3) is 0 Å². The minimum absolute atomic E-state index is 0.171. The summed E-state index contributed by atoms with van der Waals surface area (Å²) in [6.07, 6.45) is -0.149. The molecule has 6 heteroatoms. The van der Waals surface area contributed by atoms with Gasteiger partial charge in [-0.15, -0.1) is 0 Å². The first-order chi connectivity index (χ1) is 8.47. The van der Waals surface area contributed by atoms with Gasteiger partial charge in [0.25, 0.3) is 0 Å². The van der Waals surface area contributed by atoms with Gasteiger partial charge in [-0.2, -0.15) is 13.2 Å². The lowest BCUT2D eigenvalue weighted by Gasteiger charge is -2.19. The number of aromatic nitrogens is 1. The number of hydrogen-bond donors (Lipinski definition) is 0. The molecule has 0 unspecified atom stereocenters. The van der Waals surface area contributed by atoms with Crippen LogP contribution < -0.4 is 4.74 Å². The highest BCUT2D eigenvalue weighted by Crippen LogP contribution is 2.30. The zero-order chi connectivity index (χ0) is 13.2. The van der Waals surface area contributed by atoms with E-state index in [1.54, 1.807) is 0 Å². The molecule has 1 aliphatic rings. The molecule has 2 rings (SSSR count). The Balaban J connectivity index is 1.97. The third-order valence-electron chi connectivity index (χ3n) is 3.15. The number of likely N-dealkylation sites (tertiary alicyclic amines) is 1. The monoisotopic (exact) mass is 260 g/mol. The third kappa shape index (κ3) is 3.13. The van der Waals surface area contributed by atoms with E-state index in [0.29, 0.717) is 6.61 Å². The van der Waals surface area contributed by atoms with Crippen LogP contribution in [0, 0.1) is 0 Å². The predicted octanol–water partition coefficient (Wildman–Crippen LogP) is 2.57. The van der Waals surface area contributed by atoms with Gasteiger partial charge < -0.3 is 9.64 Å². The fraction of sp³-hybridized carbons (Fsp3) is 0.583. The van der Waals surface area contributed by atoms with Crippen molar-refractivity contribution in [2.45, 2.75) is 25.1 Å². The molecule has 0 aromatic carbocycles. The summed E-state index contributed by atoms with van der Waals surface area (Å²) in [5, 5.41) is 0. The Morgan fingerprint density at radius 2 is 2.22 bits per heavy atom. The second kappa shape index (κ2) is 5.14. The second-order valence-corrected chi connectivity index (χ2v) is 4.49. The van der Waals surface area contributed by atoms with Crippen molar-refractivity contribution in [1.82, 2.24) is 9.88 Å². The molecule has 0 amide bonds. The maximum absolute atomic E-state index is 12.5. The molecule has 1 aromatic rings. The molecule has 1 atom stereocenters. The van der Waals surface area contributed by atoms with Crippen molar-refractivity contribution in [3.05, 3.63) is 24.0 Å². The number of nitrogens with zero attached hydrogens (tertiary/aromatic N) is 2. The Labute approximate surface area is 104 Å². The fourth-order valence-electron chi connectivity index (χ4n) is 2.04. The first-order valence-electron chi connectivity index (χ1n) is 5.82. The van der Waals surface area contributed by atoms with Gasteiger partial charge in [0.2, 0.25) is 0 Å². The average molecular weight is 260 g/mol. The number of pyridine rings is 1. The standard InChI is InChI=1S/C12H15F3N2O/c1-17-4-2-3-10(17)8-18-11-5-9(6-16-7-11)12(13,14)15/h5-7,10H,2-4,8H2,1H3/t10-/m1/s1. The minimum Gasteiger partial charge on any atom is -0.490 e. The topological polar surface area (TPSA) is 25.4 Å². The molecular formula is C12H15F3N2O. The lowest BCUT2D eigenvalue weighted by molar-refractivity contribution is -0.137. The van der Waals surface area contributed by atoms with Crippen LogP contribution in [-0.2, 0) is 6.18 Å². The van der Waals surface area contributed by atoms with Crippen molar-refractivity contribution in [2.24, 2.45) is 0 Å². The van der Waals surface area contributed by atoms with Gasteiger partial charge in [-0.1, -0.05) is 0 Å². The Hall–Kier alpha value is -1.30. The number of ether oxygens (including phenoxy) is 1. The molecule has 1 fully saturated rings. The Bertz CT molecular complexity index is 409. The van der Waals surface area contributed by atoms with Crippen molar-refractivity contribution in [3.63, 3.8) is 0 Å². The van der Waals surface area contributed by atoms with E-state index >= 15 is 0 Å². The third-order valence-corrected chi connectivity index (χ3v) is 3.15. The normalized spacial score (nSPS) is 21.2. The van der Waals surface area contributed by atoms with E-state index in [2.05, 4.69) is 9.88 Å². The van der Waals surface area contributed by atoms with E-state index < -0.39 is 11.7 Å². The summed E-state index contributed by atoms with van der Waals surface area (Å²) in [6.45, 7) is 1.41. The zero-order valence-corrected chi connectivity index (χ0v) is 10.1. The van der Waals surface area contributed by atoms with E-state index in [1.165, 1.54) is 6.20 Å². The van der Waals surface area contributed by atoms with Crippen molar-refractivity contribution in [3.8, 4) is 5.75 Å². The maximum Gasteiger partial charge on any atom is 0.418 e. The molecule has 1 aliphatic heterocycles. The van der Waals surface area contributed by atoms with Gasteiger partial charge in [-0.05, 0) is 32.5 Å². The van der Waals surface area contributed by atoms with Crippen LogP contribution in [0.3, 0.4) is 0 Å². The Morgan fingerprint density at radius 3 is 2.83 bits per heavy atom. The molecule has 0 saturated carbocycles. The van der Waals surface area contributed by atoms with Crippen LogP contribution in [-0.4, -0.2) is 36.1 Å². The second-order valence-electron chi connectivity index (χ2n) is 4.49. The fourth-order valence-corrected chi connectivity index (χ4v) is 2.04. The van der Waals surface area contributed by atoms with Gasteiger partial charge in [0, 0.05) is 12.2 Å². The molecular weight excluding hydrogens is 245 g/mol. The van der Waals surface area contributed by atoms with Gasteiger partial charge in [-0.3, -0.25) is 4.98 Å². The van der Waals surface area contributed by atoms with E-state index in [-0.39, 0.29) is 11.8 Å². The number of alkyl halides is 3. The van der Waals surface area contributed by atoms with Crippen LogP contribution in [0.5, 0.6) is 5.75 Å². The average Bonchev–Trinajstić information content (AvgIpc) is 2.72. The van der Waals surface area contributed by atoms with Crippen molar-refractivity contribution in [2.75, 3.05) is 20.2 Å². The van der Waals surface area contributed by atoms with E-state index in [9.17, 15) is 13.2 Å². The SMILES string of the molecule is CN1CCC[C@@H]1COc1cncc(C(F)(F)F)c1. The zero-order valence-electron chi connectivity index (χ0n) is 10.1. The molecule has 1 aromatic heterocycles. The van der Waals surface area contributed by atoms with Gasteiger partial charge in [-0.25, -0.2) is 0 Å². The largest absolute Gasteiger partial charge is 0.490 e. The van der Waals surface area contributed by atoms with Crippen LogP contribution in [0.1, 0.15) is 18.4 Å². The molecule has 0 bridgehead atoms. The quantitative estimate of drug-likeness (QED) is 0.835. The van der Waals surface area contributed by atoms with Gasteiger partial charge in [0.05, 0.1) is 11.8 Å². The molecule has 1 saturated heterocycles. The summed E-state index contributed by atoms with van der Waals surface area (Å²) in [4.78, 5) is 5.71. The summed E-state index contributed by atoms with van der Waals surface area (Å²) in [7, 11) is 1.99. The predicted molar refractivity (Wildman–Crippen MR) is 60.4 cm³/mol. The number of rotatable bonds is 3. The molecule has 18 heavy (non-hydrogen) atoms.